The number of nitrogens with zero attached hydrogens (tertiary/aromatic N) is 2. The van der Waals surface area contributed by atoms with Crippen LogP contribution in [0.5, 0.6) is 11.5 Å². The van der Waals surface area contributed by atoms with Crippen LogP contribution in [-0.4, -0.2) is 44.4 Å². The zero-order chi connectivity index (χ0) is 19.8. The Morgan fingerprint density at radius 2 is 1.96 bits per heavy atom. The van der Waals surface area contributed by atoms with Crippen molar-refractivity contribution in [1.82, 2.24) is 4.90 Å². The van der Waals surface area contributed by atoms with Crippen molar-refractivity contribution >= 4 is 17.8 Å². The summed E-state index contributed by atoms with van der Waals surface area (Å²) in [4.78, 5) is 7.05. The molecule has 5 heteroatoms. The van der Waals surface area contributed by atoms with Gasteiger partial charge in [0.15, 0.2) is 11.5 Å². The zero-order valence-corrected chi connectivity index (χ0v) is 17.5. The molecule has 0 N–H and O–H groups in total. The maximum absolute atomic E-state index is 6.47. The highest BCUT2D eigenvalue weighted by Gasteiger charge is 2.12. The van der Waals surface area contributed by atoms with Crippen molar-refractivity contribution in [3.05, 3.63) is 58.1 Å². The summed E-state index contributed by atoms with van der Waals surface area (Å²) in [5.41, 5.74) is 3.22. The van der Waals surface area contributed by atoms with Gasteiger partial charge in [-0.2, -0.15) is 0 Å². The molecule has 0 atom stereocenters. The molecule has 28 heavy (non-hydrogen) atoms. The van der Waals surface area contributed by atoms with E-state index < -0.39 is 0 Å². The van der Waals surface area contributed by atoms with Crippen molar-refractivity contribution in [2.75, 3.05) is 33.3 Å². The van der Waals surface area contributed by atoms with Crippen LogP contribution in [0.2, 0.25) is 5.02 Å². The first kappa shape index (κ1) is 20.7. The second-order valence-electron chi connectivity index (χ2n) is 7.25. The Kier molecular flexibility index (Phi) is 7.75. The van der Waals surface area contributed by atoms with Gasteiger partial charge in [-0.1, -0.05) is 47.9 Å². The third-order valence-corrected chi connectivity index (χ3v) is 5.23. The number of aliphatic imine (C=N–C) groups is 1. The molecular weight excluding hydrogens is 372 g/mol. The smallest absolute Gasteiger partial charge is 0.180 e. The second-order valence-corrected chi connectivity index (χ2v) is 7.66. The summed E-state index contributed by atoms with van der Waals surface area (Å²) in [6, 6.07) is 12.0. The molecule has 1 aliphatic heterocycles. The van der Waals surface area contributed by atoms with Gasteiger partial charge >= 0.3 is 0 Å². The summed E-state index contributed by atoms with van der Waals surface area (Å²) in [6.45, 7) is 6.71. The highest BCUT2D eigenvalue weighted by atomic mass is 35.5. The predicted molar refractivity (Wildman–Crippen MR) is 116 cm³/mol. The number of benzene rings is 2. The van der Waals surface area contributed by atoms with Crippen LogP contribution in [-0.2, 0) is 6.61 Å². The Bertz CT molecular complexity index is 801. The lowest BCUT2D eigenvalue weighted by molar-refractivity contribution is 0.235. The van der Waals surface area contributed by atoms with Crippen LogP contribution in [0.3, 0.4) is 0 Å². The lowest BCUT2D eigenvalue weighted by Crippen LogP contribution is -2.31. The first-order chi connectivity index (χ1) is 13.7. The Balaban J connectivity index is 1.61. The molecular formula is C23H29ClN2O2. The maximum Gasteiger partial charge on any atom is 0.180 e. The number of rotatable bonds is 8. The molecule has 1 heterocycles. The minimum atomic E-state index is 0.445. The summed E-state index contributed by atoms with van der Waals surface area (Å²) in [7, 11) is 1.63. The van der Waals surface area contributed by atoms with Gasteiger partial charge in [-0.15, -0.1) is 0 Å². The number of hydrogen-bond acceptors (Lipinski definition) is 4. The molecule has 1 fully saturated rings. The molecule has 2 aromatic carbocycles. The van der Waals surface area contributed by atoms with E-state index in [1.165, 1.54) is 37.9 Å². The lowest BCUT2D eigenvalue weighted by Gasteiger charge is -2.25. The average molecular weight is 401 g/mol. The van der Waals surface area contributed by atoms with Gasteiger partial charge in [0.25, 0.3) is 0 Å². The summed E-state index contributed by atoms with van der Waals surface area (Å²) >= 11 is 6.47. The average Bonchev–Trinajstić information content (AvgIpc) is 2.71. The molecule has 3 rings (SSSR count). The van der Waals surface area contributed by atoms with Crippen LogP contribution in [0.4, 0.5) is 0 Å². The summed E-state index contributed by atoms with van der Waals surface area (Å²) < 4.78 is 11.5. The second kappa shape index (κ2) is 10.5. The van der Waals surface area contributed by atoms with Crippen molar-refractivity contribution in [3.63, 3.8) is 0 Å². The summed E-state index contributed by atoms with van der Waals surface area (Å²) in [5.74, 6) is 1.19. The summed E-state index contributed by atoms with van der Waals surface area (Å²) in [5, 5.41) is 0.532. The number of methoxy groups -OCH3 is 1. The van der Waals surface area contributed by atoms with Gasteiger partial charge < -0.3 is 14.4 Å². The van der Waals surface area contributed by atoms with Crippen LogP contribution in [0.15, 0.2) is 41.4 Å². The first-order valence-corrected chi connectivity index (χ1v) is 10.3. The molecule has 0 amide bonds. The minimum Gasteiger partial charge on any atom is -0.493 e. The third-order valence-electron chi connectivity index (χ3n) is 4.95. The van der Waals surface area contributed by atoms with E-state index in [1.807, 2.05) is 30.5 Å². The first-order valence-electron chi connectivity index (χ1n) is 9.94. The SMILES string of the molecule is COc1cc(C=NCCN2CCCCC2)cc(Cl)c1OCc1cccc(C)c1. The van der Waals surface area contributed by atoms with E-state index in [0.29, 0.717) is 23.1 Å². The molecule has 0 saturated carbocycles. The number of hydrogen-bond donors (Lipinski definition) is 0. The Hall–Kier alpha value is -2.04. The Morgan fingerprint density at radius 1 is 1.14 bits per heavy atom. The number of piperidine rings is 1. The van der Waals surface area contributed by atoms with Gasteiger partial charge in [0.2, 0.25) is 0 Å². The van der Waals surface area contributed by atoms with E-state index in [1.54, 1.807) is 7.11 Å². The van der Waals surface area contributed by atoms with Crippen molar-refractivity contribution in [2.24, 2.45) is 4.99 Å². The van der Waals surface area contributed by atoms with E-state index in [2.05, 4.69) is 28.9 Å². The molecule has 1 aliphatic rings. The largest absolute Gasteiger partial charge is 0.493 e. The molecule has 0 unspecified atom stereocenters. The van der Waals surface area contributed by atoms with Crippen molar-refractivity contribution in [1.29, 1.82) is 0 Å². The van der Waals surface area contributed by atoms with Crippen LogP contribution in [0, 0.1) is 6.92 Å². The molecule has 0 aromatic heterocycles. The van der Waals surface area contributed by atoms with E-state index in [4.69, 9.17) is 21.1 Å². The standard InChI is InChI=1S/C23H29ClN2O2/c1-18-7-6-8-19(13-18)17-28-23-21(24)14-20(15-22(23)27-2)16-25-9-12-26-10-4-3-5-11-26/h6-8,13-16H,3-5,9-12,17H2,1-2H3. The molecule has 2 aromatic rings. The Morgan fingerprint density at radius 3 is 2.71 bits per heavy atom. The molecule has 0 aliphatic carbocycles. The van der Waals surface area contributed by atoms with E-state index >= 15 is 0 Å². The monoisotopic (exact) mass is 400 g/mol. The summed E-state index contributed by atoms with van der Waals surface area (Å²) in [6.07, 6.45) is 5.83. The fourth-order valence-electron chi connectivity index (χ4n) is 3.46. The van der Waals surface area contributed by atoms with E-state index in [0.717, 1.165) is 24.2 Å². The van der Waals surface area contributed by atoms with Gasteiger partial charge in [-0.05, 0) is 56.1 Å². The molecule has 150 valence electrons. The highest BCUT2D eigenvalue weighted by Crippen LogP contribution is 2.36. The van der Waals surface area contributed by atoms with Crippen molar-refractivity contribution in [2.45, 2.75) is 32.8 Å². The van der Waals surface area contributed by atoms with E-state index in [9.17, 15) is 0 Å². The highest BCUT2D eigenvalue weighted by molar-refractivity contribution is 6.32. The van der Waals surface area contributed by atoms with Gasteiger partial charge in [0.05, 0.1) is 18.7 Å². The number of halogens is 1. The van der Waals surface area contributed by atoms with Crippen molar-refractivity contribution in [3.8, 4) is 11.5 Å². The van der Waals surface area contributed by atoms with Crippen LogP contribution < -0.4 is 9.47 Å². The van der Waals surface area contributed by atoms with Gasteiger partial charge in [0.1, 0.15) is 6.61 Å². The van der Waals surface area contributed by atoms with Crippen molar-refractivity contribution < 1.29 is 9.47 Å². The molecule has 4 nitrogen and oxygen atoms in total. The molecule has 0 bridgehead atoms. The topological polar surface area (TPSA) is 34.1 Å². The minimum absolute atomic E-state index is 0.445. The molecule has 0 spiro atoms. The van der Waals surface area contributed by atoms with Crippen LogP contribution in [0.1, 0.15) is 36.0 Å². The lowest BCUT2D eigenvalue weighted by atomic mass is 10.1. The predicted octanol–water partition coefficient (Wildman–Crippen LogP) is 5.14. The number of ether oxygens (including phenoxy) is 2. The third kappa shape index (κ3) is 5.98. The number of likely N-dealkylation sites (tertiary alicyclic amines) is 1. The fraction of sp³-hybridized carbons (Fsp3) is 0.435. The van der Waals surface area contributed by atoms with Crippen LogP contribution >= 0.6 is 11.6 Å². The fourth-order valence-corrected chi connectivity index (χ4v) is 3.74. The quantitative estimate of drug-likeness (QED) is 0.575. The molecule has 1 saturated heterocycles. The zero-order valence-electron chi connectivity index (χ0n) is 16.8. The molecule has 0 radical (unpaired) electrons. The maximum atomic E-state index is 6.47. The van der Waals surface area contributed by atoms with Crippen LogP contribution in [0.25, 0.3) is 0 Å². The van der Waals surface area contributed by atoms with Gasteiger partial charge in [-0.3, -0.25) is 4.99 Å². The van der Waals surface area contributed by atoms with E-state index in [-0.39, 0.29) is 0 Å². The normalized spacial score (nSPS) is 15.1. The number of aryl methyl sites for hydroxylation is 1. The van der Waals surface area contributed by atoms with Gasteiger partial charge in [0, 0.05) is 12.8 Å². The van der Waals surface area contributed by atoms with Gasteiger partial charge in [-0.25, -0.2) is 0 Å². The Labute approximate surface area is 173 Å².